The summed E-state index contributed by atoms with van der Waals surface area (Å²) in [6, 6.07) is 7.40. The first kappa shape index (κ1) is 20.5. The van der Waals surface area contributed by atoms with Crippen LogP contribution in [0.1, 0.15) is 52.0 Å². The number of hydrogen-bond donors (Lipinski definition) is 2. The molecule has 1 aliphatic heterocycles. The van der Waals surface area contributed by atoms with Crippen molar-refractivity contribution in [1.82, 2.24) is 4.90 Å². The monoisotopic (exact) mass is 384 g/mol. The summed E-state index contributed by atoms with van der Waals surface area (Å²) in [5, 5.41) is 1.66. The number of carbonyl (C=O) groups excluding carboxylic acids is 1. The predicted molar refractivity (Wildman–Crippen MR) is 101 cm³/mol. The number of likely N-dealkylation sites (tertiary alicyclic amines) is 1. The number of nitrogens with zero attached hydrogens (tertiary/aromatic N) is 1. The van der Waals surface area contributed by atoms with E-state index in [1.165, 1.54) is 6.92 Å². The molecule has 2 atom stereocenters. The Morgan fingerprint density at radius 2 is 1.92 bits per heavy atom. The van der Waals surface area contributed by atoms with Gasteiger partial charge in [0.25, 0.3) is 10.1 Å². The lowest BCUT2D eigenvalue weighted by molar-refractivity contribution is 0.0198. The van der Waals surface area contributed by atoms with E-state index in [2.05, 4.69) is 5.32 Å². The van der Waals surface area contributed by atoms with E-state index in [1.807, 2.05) is 32.9 Å². The number of amides is 1. The van der Waals surface area contributed by atoms with E-state index in [0.29, 0.717) is 18.8 Å². The minimum atomic E-state index is -4.13. The summed E-state index contributed by atoms with van der Waals surface area (Å²) in [6.07, 6.45) is 1.60. The summed E-state index contributed by atoms with van der Waals surface area (Å²) in [5.41, 5.74) is 1.18. The molecule has 0 aromatic heterocycles. The summed E-state index contributed by atoms with van der Waals surface area (Å²) in [6.45, 7) is 8.23. The van der Waals surface area contributed by atoms with E-state index in [0.717, 1.165) is 18.4 Å². The summed E-state index contributed by atoms with van der Waals surface area (Å²) in [7, 11) is -4.13. The van der Waals surface area contributed by atoms with E-state index in [1.54, 1.807) is 17.0 Å². The van der Waals surface area contributed by atoms with Crippen molar-refractivity contribution in [2.24, 2.45) is 0 Å². The van der Waals surface area contributed by atoms with Crippen LogP contribution in [-0.2, 0) is 14.9 Å². The first-order chi connectivity index (χ1) is 12.0. The number of rotatable bonds is 4. The van der Waals surface area contributed by atoms with Crippen LogP contribution in [0, 0.1) is 0 Å². The zero-order valence-electron chi connectivity index (χ0n) is 15.7. The quantitative estimate of drug-likeness (QED) is 0.772. The molecule has 0 aliphatic carbocycles. The highest BCUT2D eigenvalue weighted by Gasteiger charge is 2.28. The molecule has 2 unspecified atom stereocenters. The molecule has 1 aromatic carbocycles. The van der Waals surface area contributed by atoms with Crippen LogP contribution in [0.15, 0.2) is 24.3 Å². The standard InChI is InChI=1S/C18H28N2O5S/c1-13(26(22,23)24)19-16-9-7-14(8-10-16)15-6-5-11-20(12-15)17(21)25-18(2,3)4/h7-10,13,15,19H,5-6,11-12H2,1-4H3,(H,22,23,24). The average Bonchev–Trinajstić information content (AvgIpc) is 2.53. The summed E-state index contributed by atoms with van der Waals surface area (Å²) >= 11 is 0. The molecule has 1 heterocycles. The number of hydrogen-bond acceptors (Lipinski definition) is 5. The molecule has 2 N–H and O–H groups in total. The van der Waals surface area contributed by atoms with Gasteiger partial charge in [-0.15, -0.1) is 0 Å². The maximum atomic E-state index is 12.3. The minimum absolute atomic E-state index is 0.212. The van der Waals surface area contributed by atoms with E-state index >= 15 is 0 Å². The number of anilines is 1. The van der Waals surface area contributed by atoms with Gasteiger partial charge in [-0.3, -0.25) is 4.55 Å². The lowest BCUT2D eigenvalue weighted by Gasteiger charge is -2.34. The molecule has 0 saturated carbocycles. The van der Waals surface area contributed by atoms with Crippen LogP contribution < -0.4 is 5.32 Å². The van der Waals surface area contributed by atoms with E-state index in [9.17, 15) is 13.2 Å². The first-order valence-corrected chi connectivity index (χ1v) is 10.3. The highest BCUT2D eigenvalue weighted by molar-refractivity contribution is 7.86. The number of nitrogens with one attached hydrogen (secondary N) is 1. The van der Waals surface area contributed by atoms with Gasteiger partial charge in [-0.05, 0) is 58.2 Å². The van der Waals surface area contributed by atoms with Crippen LogP contribution >= 0.6 is 0 Å². The number of benzene rings is 1. The van der Waals surface area contributed by atoms with Crippen molar-refractivity contribution >= 4 is 21.9 Å². The van der Waals surface area contributed by atoms with Crippen molar-refractivity contribution < 1.29 is 22.5 Å². The van der Waals surface area contributed by atoms with Crippen molar-refractivity contribution in [3.63, 3.8) is 0 Å². The van der Waals surface area contributed by atoms with Crippen molar-refractivity contribution in [2.75, 3.05) is 18.4 Å². The van der Waals surface area contributed by atoms with E-state index in [4.69, 9.17) is 9.29 Å². The Morgan fingerprint density at radius 1 is 1.31 bits per heavy atom. The Balaban J connectivity index is 2.01. The lowest BCUT2D eigenvalue weighted by atomic mass is 9.90. The summed E-state index contributed by atoms with van der Waals surface area (Å²) in [4.78, 5) is 14.0. The minimum Gasteiger partial charge on any atom is -0.444 e. The molecular formula is C18H28N2O5S. The molecule has 1 aromatic rings. The fraction of sp³-hybridized carbons (Fsp3) is 0.611. The van der Waals surface area contributed by atoms with Gasteiger partial charge < -0.3 is 15.0 Å². The number of carbonyl (C=O) groups is 1. The lowest BCUT2D eigenvalue weighted by Crippen LogP contribution is -2.42. The predicted octanol–water partition coefficient (Wildman–Crippen LogP) is 3.45. The molecule has 0 bridgehead atoms. The normalized spacial score (nSPS) is 19.7. The molecule has 7 nitrogen and oxygen atoms in total. The highest BCUT2D eigenvalue weighted by atomic mass is 32.2. The van der Waals surface area contributed by atoms with Crippen molar-refractivity contribution in [1.29, 1.82) is 0 Å². The fourth-order valence-corrected chi connectivity index (χ4v) is 3.19. The van der Waals surface area contributed by atoms with Crippen molar-refractivity contribution in [3.8, 4) is 0 Å². The molecule has 1 saturated heterocycles. The zero-order chi connectivity index (χ0) is 19.5. The fourth-order valence-electron chi connectivity index (χ4n) is 2.90. The van der Waals surface area contributed by atoms with Gasteiger partial charge in [-0.2, -0.15) is 8.42 Å². The van der Waals surface area contributed by atoms with Crippen LogP contribution in [0.25, 0.3) is 0 Å². The van der Waals surface area contributed by atoms with Crippen LogP contribution in [0.3, 0.4) is 0 Å². The molecule has 0 radical (unpaired) electrons. The van der Waals surface area contributed by atoms with Gasteiger partial charge in [-0.25, -0.2) is 4.79 Å². The van der Waals surface area contributed by atoms with Gasteiger partial charge in [0.2, 0.25) is 0 Å². The SMILES string of the molecule is CC(Nc1ccc(C2CCCN(C(=O)OC(C)(C)C)C2)cc1)S(=O)(=O)O. The zero-order valence-corrected chi connectivity index (χ0v) is 16.5. The third kappa shape index (κ3) is 5.88. The molecule has 2 rings (SSSR count). The third-order valence-electron chi connectivity index (χ3n) is 4.27. The number of piperidine rings is 1. The van der Waals surface area contributed by atoms with Crippen LogP contribution in [0.5, 0.6) is 0 Å². The van der Waals surface area contributed by atoms with Gasteiger partial charge in [0.1, 0.15) is 5.60 Å². The Bertz CT molecular complexity index is 725. The molecule has 8 heteroatoms. The van der Waals surface area contributed by atoms with Gasteiger partial charge in [0.05, 0.1) is 0 Å². The Kier molecular flexibility index (Phi) is 6.18. The second kappa shape index (κ2) is 7.84. The summed E-state index contributed by atoms with van der Waals surface area (Å²) < 4.78 is 36.7. The highest BCUT2D eigenvalue weighted by Crippen LogP contribution is 2.29. The molecule has 26 heavy (non-hydrogen) atoms. The largest absolute Gasteiger partial charge is 0.444 e. The smallest absolute Gasteiger partial charge is 0.410 e. The topological polar surface area (TPSA) is 95.9 Å². The second-order valence-electron chi connectivity index (χ2n) is 7.69. The third-order valence-corrected chi connectivity index (χ3v) is 5.28. The van der Waals surface area contributed by atoms with Gasteiger partial charge in [0.15, 0.2) is 5.37 Å². The molecule has 146 valence electrons. The first-order valence-electron chi connectivity index (χ1n) is 8.76. The van der Waals surface area contributed by atoms with E-state index < -0.39 is 21.1 Å². The van der Waals surface area contributed by atoms with Gasteiger partial charge in [0, 0.05) is 24.7 Å². The van der Waals surface area contributed by atoms with Gasteiger partial charge in [-0.1, -0.05) is 12.1 Å². The Labute approximate surface area is 155 Å². The van der Waals surface area contributed by atoms with Crippen LogP contribution in [-0.4, -0.2) is 48.0 Å². The molecule has 1 aliphatic rings. The molecule has 0 spiro atoms. The Hall–Kier alpha value is -1.80. The number of ether oxygens (including phenoxy) is 1. The molecule has 1 amide bonds. The molecule has 1 fully saturated rings. The Morgan fingerprint density at radius 3 is 2.46 bits per heavy atom. The molecular weight excluding hydrogens is 356 g/mol. The van der Waals surface area contributed by atoms with Crippen molar-refractivity contribution in [2.45, 2.75) is 57.4 Å². The van der Waals surface area contributed by atoms with E-state index in [-0.39, 0.29) is 12.0 Å². The maximum absolute atomic E-state index is 12.3. The van der Waals surface area contributed by atoms with Crippen LogP contribution in [0.2, 0.25) is 0 Å². The van der Waals surface area contributed by atoms with Gasteiger partial charge >= 0.3 is 6.09 Å². The maximum Gasteiger partial charge on any atom is 0.410 e. The van der Waals surface area contributed by atoms with Crippen LogP contribution in [0.4, 0.5) is 10.5 Å². The van der Waals surface area contributed by atoms with Crippen molar-refractivity contribution in [3.05, 3.63) is 29.8 Å². The second-order valence-corrected chi connectivity index (χ2v) is 9.43. The average molecular weight is 384 g/mol. The summed E-state index contributed by atoms with van der Waals surface area (Å²) in [5.74, 6) is 0.212.